The number of rotatable bonds is 7. The Labute approximate surface area is 73.0 Å². The largest absolute Gasteiger partial charge is 0.383 e. The van der Waals surface area contributed by atoms with Crippen molar-refractivity contribution >= 4 is 10.2 Å². The molecule has 0 rings (SSSR count). The second kappa shape index (κ2) is 6.13. The molecule has 12 heavy (non-hydrogen) atoms. The maximum atomic E-state index is 10.9. The molecule has 5 nitrogen and oxygen atoms in total. The summed E-state index contributed by atoms with van der Waals surface area (Å²) >= 11 is 0. The monoisotopic (exact) mass is 194 g/mol. The van der Waals surface area contributed by atoms with Crippen LogP contribution in [0.4, 0.5) is 0 Å². The maximum Gasteiger partial charge on any atom is 0.277 e. The Hall–Kier alpha value is -0.430. The molecule has 0 fully saturated rings. The quantitative estimate of drug-likeness (QED) is 0.413. The standard InChI is InChI=1S/C6H14N2O3S/c1-3-4-7-12(9,10)8-5-6-11-2/h3,7-8H,1,4-6H2,2H3. The summed E-state index contributed by atoms with van der Waals surface area (Å²) in [5.41, 5.74) is 0. The van der Waals surface area contributed by atoms with E-state index >= 15 is 0 Å². The van der Waals surface area contributed by atoms with Gasteiger partial charge in [0.1, 0.15) is 0 Å². The van der Waals surface area contributed by atoms with Crippen molar-refractivity contribution in [3.8, 4) is 0 Å². The Bertz CT molecular complexity index is 213. The van der Waals surface area contributed by atoms with Gasteiger partial charge >= 0.3 is 0 Å². The van der Waals surface area contributed by atoms with Crippen LogP contribution in [-0.4, -0.2) is 35.2 Å². The first-order chi connectivity index (χ1) is 5.62. The van der Waals surface area contributed by atoms with E-state index in [1.165, 1.54) is 13.2 Å². The molecule has 0 aromatic heterocycles. The van der Waals surface area contributed by atoms with Gasteiger partial charge < -0.3 is 4.74 Å². The molecule has 0 saturated carbocycles. The second-order valence-corrected chi connectivity index (χ2v) is 3.61. The average Bonchev–Trinajstić information content (AvgIpc) is 2.01. The molecular formula is C6H14N2O3S. The summed E-state index contributed by atoms with van der Waals surface area (Å²) in [5, 5.41) is 0. The van der Waals surface area contributed by atoms with Crippen molar-refractivity contribution in [3.63, 3.8) is 0 Å². The number of hydrogen-bond acceptors (Lipinski definition) is 3. The summed E-state index contributed by atoms with van der Waals surface area (Å²) in [7, 11) is -1.86. The normalized spacial score (nSPS) is 11.4. The van der Waals surface area contributed by atoms with Crippen LogP contribution in [0.3, 0.4) is 0 Å². The predicted octanol–water partition coefficient (Wildman–Crippen LogP) is -0.757. The van der Waals surface area contributed by atoms with Crippen molar-refractivity contribution in [1.82, 2.24) is 9.44 Å². The third-order valence-electron chi connectivity index (χ3n) is 1.02. The molecule has 0 amide bonds. The Morgan fingerprint density at radius 3 is 2.67 bits per heavy atom. The third kappa shape index (κ3) is 6.29. The summed E-state index contributed by atoms with van der Waals surface area (Å²) in [5.74, 6) is 0. The van der Waals surface area contributed by atoms with Gasteiger partial charge in [0.05, 0.1) is 6.61 Å². The molecule has 0 atom stereocenters. The smallest absolute Gasteiger partial charge is 0.277 e. The molecule has 0 radical (unpaired) electrons. The molecule has 0 aliphatic heterocycles. The van der Waals surface area contributed by atoms with Gasteiger partial charge in [-0.05, 0) is 0 Å². The van der Waals surface area contributed by atoms with Crippen LogP contribution in [0, 0.1) is 0 Å². The Morgan fingerprint density at radius 2 is 2.17 bits per heavy atom. The van der Waals surface area contributed by atoms with Gasteiger partial charge in [-0.3, -0.25) is 0 Å². The van der Waals surface area contributed by atoms with Gasteiger partial charge in [0, 0.05) is 20.2 Å². The fraction of sp³-hybridized carbons (Fsp3) is 0.667. The van der Waals surface area contributed by atoms with Crippen molar-refractivity contribution in [2.45, 2.75) is 0 Å². The van der Waals surface area contributed by atoms with Crippen LogP contribution in [0.15, 0.2) is 12.7 Å². The van der Waals surface area contributed by atoms with Gasteiger partial charge in [-0.15, -0.1) is 6.58 Å². The van der Waals surface area contributed by atoms with E-state index in [9.17, 15) is 8.42 Å². The van der Waals surface area contributed by atoms with E-state index in [4.69, 9.17) is 0 Å². The lowest BCUT2D eigenvalue weighted by atomic mass is 10.7. The highest BCUT2D eigenvalue weighted by atomic mass is 32.2. The van der Waals surface area contributed by atoms with Gasteiger partial charge in [-0.1, -0.05) is 6.08 Å². The molecule has 0 aromatic carbocycles. The summed E-state index contributed by atoms with van der Waals surface area (Å²) in [6, 6.07) is 0. The zero-order valence-corrected chi connectivity index (χ0v) is 7.86. The third-order valence-corrected chi connectivity index (χ3v) is 2.15. The van der Waals surface area contributed by atoms with Crippen molar-refractivity contribution in [2.24, 2.45) is 0 Å². The van der Waals surface area contributed by atoms with Crippen LogP contribution in [0.2, 0.25) is 0 Å². The van der Waals surface area contributed by atoms with Gasteiger partial charge in [-0.25, -0.2) is 0 Å². The summed E-state index contributed by atoms with van der Waals surface area (Å²) < 4.78 is 31.1. The van der Waals surface area contributed by atoms with Crippen LogP contribution < -0.4 is 9.44 Å². The summed E-state index contributed by atoms with van der Waals surface area (Å²) in [6.45, 7) is 4.23. The predicted molar refractivity (Wildman–Crippen MR) is 47.0 cm³/mol. The van der Waals surface area contributed by atoms with Crippen molar-refractivity contribution in [1.29, 1.82) is 0 Å². The van der Waals surface area contributed by atoms with Gasteiger partial charge in [0.25, 0.3) is 10.2 Å². The SMILES string of the molecule is C=CCNS(=O)(=O)NCCOC. The Balaban J connectivity index is 3.64. The fourth-order valence-corrected chi connectivity index (χ4v) is 1.29. The first-order valence-electron chi connectivity index (χ1n) is 3.46. The number of ether oxygens (including phenoxy) is 1. The summed E-state index contributed by atoms with van der Waals surface area (Å²) in [6.07, 6.45) is 1.47. The molecular weight excluding hydrogens is 180 g/mol. The highest BCUT2D eigenvalue weighted by Gasteiger charge is 2.04. The first kappa shape index (κ1) is 11.6. The van der Waals surface area contributed by atoms with E-state index in [1.54, 1.807) is 0 Å². The Morgan fingerprint density at radius 1 is 1.50 bits per heavy atom. The molecule has 0 spiro atoms. The number of methoxy groups -OCH3 is 1. The molecule has 72 valence electrons. The minimum Gasteiger partial charge on any atom is -0.383 e. The second-order valence-electron chi connectivity index (χ2n) is 2.03. The minimum absolute atomic E-state index is 0.225. The molecule has 0 aliphatic carbocycles. The summed E-state index contributed by atoms with van der Waals surface area (Å²) in [4.78, 5) is 0. The lowest BCUT2D eigenvalue weighted by Crippen LogP contribution is -2.38. The minimum atomic E-state index is -3.37. The first-order valence-corrected chi connectivity index (χ1v) is 4.95. The van der Waals surface area contributed by atoms with E-state index < -0.39 is 10.2 Å². The zero-order valence-electron chi connectivity index (χ0n) is 7.04. The molecule has 0 aliphatic rings. The van der Waals surface area contributed by atoms with Gasteiger partial charge in [0.2, 0.25) is 0 Å². The van der Waals surface area contributed by atoms with Gasteiger partial charge in [0.15, 0.2) is 0 Å². The van der Waals surface area contributed by atoms with Crippen LogP contribution in [0.5, 0.6) is 0 Å². The van der Waals surface area contributed by atoms with Crippen LogP contribution >= 0.6 is 0 Å². The molecule has 0 bridgehead atoms. The molecule has 2 N–H and O–H groups in total. The molecule has 6 heteroatoms. The van der Waals surface area contributed by atoms with E-state index in [1.807, 2.05) is 0 Å². The zero-order chi connectivity index (χ0) is 9.45. The average molecular weight is 194 g/mol. The van der Waals surface area contributed by atoms with Crippen molar-refractivity contribution < 1.29 is 13.2 Å². The highest BCUT2D eigenvalue weighted by molar-refractivity contribution is 7.87. The van der Waals surface area contributed by atoms with E-state index in [-0.39, 0.29) is 13.1 Å². The lowest BCUT2D eigenvalue weighted by Gasteiger charge is -2.05. The van der Waals surface area contributed by atoms with E-state index in [2.05, 4.69) is 20.8 Å². The van der Waals surface area contributed by atoms with E-state index in [0.717, 1.165) is 0 Å². The fourth-order valence-electron chi connectivity index (χ4n) is 0.498. The molecule has 0 saturated heterocycles. The molecule has 0 aromatic rings. The van der Waals surface area contributed by atoms with E-state index in [0.29, 0.717) is 6.61 Å². The number of hydrogen-bond donors (Lipinski definition) is 2. The number of nitrogens with one attached hydrogen (secondary N) is 2. The van der Waals surface area contributed by atoms with Gasteiger partial charge in [-0.2, -0.15) is 17.9 Å². The van der Waals surface area contributed by atoms with Crippen molar-refractivity contribution in [3.05, 3.63) is 12.7 Å². The molecule has 0 unspecified atom stereocenters. The van der Waals surface area contributed by atoms with Crippen LogP contribution in [0.1, 0.15) is 0 Å². The Kier molecular flexibility index (Phi) is 5.91. The van der Waals surface area contributed by atoms with Crippen molar-refractivity contribution in [2.75, 3.05) is 26.8 Å². The lowest BCUT2D eigenvalue weighted by molar-refractivity contribution is 0.204. The molecule has 0 heterocycles. The van der Waals surface area contributed by atoms with Crippen LogP contribution in [-0.2, 0) is 14.9 Å². The highest BCUT2D eigenvalue weighted by Crippen LogP contribution is 1.75. The van der Waals surface area contributed by atoms with Crippen LogP contribution in [0.25, 0.3) is 0 Å². The topological polar surface area (TPSA) is 67.4 Å². The maximum absolute atomic E-state index is 10.9.